The molecule has 0 radical (unpaired) electrons. The normalized spacial score (nSPS) is 35.3. The van der Waals surface area contributed by atoms with Crippen molar-refractivity contribution in [2.75, 3.05) is 19.9 Å². The Morgan fingerprint density at radius 3 is 2.00 bits per heavy atom. The summed E-state index contributed by atoms with van der Waals surface area (Å²) < 4.78 is 12.8. The van der Waals surface area contributed by atoms with Crippen LogP contribution in [-0.4, -0.2) is 42.5 Å². The van der Waals surface area contributed by atoms with Crippen molar-refractivity contribution in [2.45, 2.75) is 158 Å². The van der Waals surface area contributed by atoms with E-state index in [0.29, 0.717) is 29.5 Å². The number of piperidine rings is 1. The molecule has 3 heteroatoms. The van der Waals surface area contributed by atoms with E-state index in [0.717, 1.165) is 37.5 Å². The predicted molar refractivity (Wildman–Crippen MR) is 156 cm³/mol. The van der Waals surface area contributed by atoms with E-state index in [1.165, 1.54) is 70.8 Å². The molecule has 0 aromatic rings. The molecule has 1 heterocycles. The van der Waals surface area contributed by atoms with Gasteiger partial charge in [-0.2, -0.15) is 0 Å². The second-order valence-corrected chi connectivity index (χ2v) is 14.0. The Hall–Kier alpha value is -0.120. The highest BCUT2D eigenvalue weighted by Gasteiger charge is 2.45. The van der Waals surface area contributed by atoms with E-state index in [2.05, 4.69) is 74.1 Å². The highest BCUT2D eigenvalue weighted by molar-refractivity contribution is 4.96. The fourth-order valence-electron chi connectivity index (χ4n) is 7.29. The first-order chi connectivity index (χ1) is 17.0. The second-order valence-electron chi connectivity index (χ2n) is 14.0. The van der Waals surface area contributed by atoms with Gasteiger partial charge in [-0.15, -0.1) is 0 Å². The molecule has 2 fully saturated rings. The third kappa shape index (κ3) is 8.70. The van der Waals surface area contributed by atoms with Crippen molar-refractivity contribution in [1.29, 1.82) is 0 Å². The minimum absolute atomic E-state index is 0.248. The van der Waals surface area contributed by atoms with Crippen molar-refractivity contribution >= 4 is 0 Å². The summed E-state index contributed by atoms with van der Waals surface area (Å²) in [5.41, 5.74) is 0.650. The Morgan fingerprint density at radius 1 is 0.778 bits per heavy atom. The van der Waals surface area contributed by atoms with Crippen LogP contribution in [-0.2, 0) is 9.47 Å². The molecule has 0 aromatic heterocycles. The van der Waals surface area contributed by atoms with Crippen LogP contribution < -0.4 is 0 Å². The summed E-state index contributed by atoms with van der Waals surface area (Å²) in [6, 6.07) is 0. The lowest BCUT2D eigenvalue weighted by Crippen LogP contribution is -2.56. The molecule has 5 unspecified atom stereocenters. The van der Waals surface area contributed by atoms with Crippen LogP contribution in [0.25, 0.3) is 0 Å². The first-order valence-electron chi connectivity index (χ1n) is 15.9. The second kappa shape index (κ2) is 14.9. The van der Waals surface area contributed by atoms with Gasteiger partial charge in [0, 0.05) is 12.1 Å². The quantitative estimate of drug-likeness (QED) is 0.220. The van der Waals surface area contributed by atoms with Crippen molar-refractivity contribution in [3.8, 4) is 0 Å². The maximum Gasteiger partial charge on any atom is 0.0998 e. The standard InChI is InChI=1S/C33H65NO2/c1-11-13-29(7)35-23-31-21-25(3)17-19-32(31,9)27(5)15-16-28(6)33(10)20-18-26(4)22-34(33)24-36-30(8)14-12-2/h25-31H,11-24H2,1-10H3/t25-,26-,27?,28?,29?,30?,31?,32+,33+/m1/s1. The third-order valence-electron chi connectivity index (χ3n) is 10.9. The van der Waals surface area contributed by atoms with E-state index in [4.69, 9.17) is 9.47 Å². The summed E-state index contributed by atoms with van der Waals surface area (Å²) in [7, 11) is 0. The van der Waals surface area contributed by atoms with Gasteiger partial charge in [0.2, 0.25) is 0 Å². The highest BCUT2D eigenvalue weighted by atomic mass is 16.5. The molecule has 0 N–H and O–H groups in total. The SMILES string of the molecule is CCCC(C)OCC1C[C@H](C)CC[C@@]1(C)C(C)CCC(C)[C@]1(C)CC[C@@H](C)CN1COC(C)CCC. The van der Waals surface area contributed by atoms with Crippen molar-refractivity contribution < 1.29 is 9.47 Å². The van der Waals surface area contributed by atoms with E-state index in [1.54, 1.807) is 0 Å². The minimum Gasteiger partial charge on any atom is -0.378 e. The zero-order chi connectivity index (χ0) is 26.9. The van der Waals surface area contributed by atoms with Crippen molar-refractivity contribution in [3.05, 3.63) is 0 Å². The number of nitrogens with zero attached hydrogens (tertiary/aromatic N) is 1. The summed E-state index contributed by atoms with van der Waals surface area (Å²) in [5.74, 6) is 3.73. The van der Waals surface area contributed by atoms with Crippen LogP contribution in [0.3, 0.4) is 0 Å². The molecule has 2 rings (SSSR count). The van der Waals surface area contributed by atoms with Crippen molar-refractivity contribution in [2.24, 2.45) is 35.0 Å². The van der Waals surface area contributed by atoms with Crippen LogP contribution in [0.15, 0.2) is 0 Å². The Morgan fingerprint density at radius 2 is 1.36 bits per heavy atom. The lowest BCUT2D eigenvalue weighted by Gasteiger charge is -2.51. The lowest BCUT2D eigenvalue weighted by molar-refractivity contribution is -0.104. The number of rotatable bonds is 15. The zero-order valence-corrected chi connectivity index (χ0v) is 26.2. The van der Waals surface area contributed by atoms with E-state index in [-0.39, 0.29) is 5.54 Å². The molecule has 3 nitrogen and oxygen atoms in total. The monoisotopic (exact) mass is 508 g/mol. The van der Waals surface area contributed by atoms with E-state index in [9.17, 15) is 0 Å². The van der Waals surface area contributed by atoms with Gasteiger partial charge in [-0.05, 0) is 107 Å². The molecular formula is C33H65NO2. The first kappa shape index (κ1) is 32.1. The molecule has 1 aliphatic carbocycles. The van der Waals surface area contributed by atoms with Gasteiger partial charge in [-0.1, -0.05) is 67.7 Å². The minimum atomic E-state index is 0.248. The summed E-state index contributed by atoms with van der Waals surface area (Å²) in [5, 5.41) is 0. The summed E-state index contributed by atoms with van der Waals surface area (Å²) in [6.45, 7) is 27.1. The molecule has 2 aliphatic rings. The predicted octanol–water partition coefficient (Wildman–Crippen LogP) is 9.34. The van der Waals surface area contributed by atoms with Gasteiger partial charge in [0.25, 0.3) is 0 Å². The number of likely N-dealkylation sites (tertiary alicyclic amines) is 1. The zero-order valence-electron chi connectivity index (χ0n) is 26.2. The van der Waals surface area contributed by atoms with Crippen LogP contribution in [0.2, 0.25) is 0 Å². The molecular weight excluding hydrogens is 442 g/mol. The molecule has 1 aliphatic heterocycles. The van der Waals surface area contributed by atoms with Crippen LogP contribution in [0, 0.1) is 35.0 Å². The van der Waals surface area contributed by atoms with E-state index >= 15 is 0 Å². The lowest BCUT2D eigenvalue weighted by atomic mass is 9.58. The van der Waals surface area contributed by atoms with Crippen LogP contribution in [0.5, 0.6) is 0 Å². The fraction of sp³-hybridized carbons (Fsp3) is 1.00. The molecule has 0 spiro atoms. The van der Waals surface area contributed by atoms with Crippen molar-refractivity contribution in [1.82, 2.24) is 4.90 Å². The number of hydrogen-bond acceptors (Lipinski definition) is 3. The third-order valence-corrected chi connectivity index (χ3v) is 10.9. The summed E-state index contributed by atoms with van der Waals surface area (Å²) >= 11 is 0. The fourth-order valence-corrected chi connectivity index (χ4v) is 7.29. The maximum absolute atomic E-state index is 6.42. The van der Waals surface area contributed by atoms with E-state index < -0.39 is 0 Å². The molecule has 1 saturated carbocycles. The maximum atomic E-state index is 6.42. The first-order valence-corrected chi connectivity index (χ1v) is 15.9. The van der Waals surface area contributed by atoms with Gasteiger partial charge >= 0.3 is 0 Å². The van der Waals surface area contributed by atoms with Crippen LogP contribution >= 0.6 is 0 Å². The molecule has 36 heavy (non-hydrogen) atoms. The van der Waals surface area contributed by atoms with Crippen LogP contribution in [0.4, 0.5) is 0 Å². The molecule has 0 aromatic carbocycles. The van der Waals surface area contributed by atoms with Gasteiger partial charge in [0.15, 0.2) is 0 Å². The number of ether oxygens (including phenoxy) is 2. The molecule has 0 bridgehead atoms. The molecule has 214 valence electrons. The number of hydrogen-bond donors (Lipinski definition) is 0. The average Bonchev–Trinajstić information content (AvgIpc) is 2.83. The largest absolute Gasteiger partial charge is 0.378 e. The Kier molecular flexibility index (Phi) is 13.3. The van der Waals surface area contributed by atoms with Crippen molar-refractivity contribution in [3.63, 3.8) is 0 Å². The molecule has 1 saturated heterocycles. The van der Waals surface area contributed by atoms with Gasteiger partial charge in [0.05, 0.1) is 25.5 Å². The van der Waals surface area contributed by atoms with Gasteiger partial charge in [-0.3, -0.25) is 4.90 Å². The van der Waals surface area contributed by atoms with Gasteiger partial charge in [-0.25, -0.2) is 0 Å². The summed E-state index contributed by atoms with van der Waals surface area (Å²) in [6.07, 6.45) is 14.9. The Bertz CT molecular complexity index is 558. The molecule has 0 amide bonds. The van der Waals surface area contributed by atoms with Gasteiger partial charge in [0.1, 0.15) is 0 Å². The smallest absolute Gasteiger partial charge is 0.0998 e. The highest BCUT2D eigenvalue weighted by Crippen LogP contribution is 2.50. The van der Waals surface area contributed by atoms with Crippen LogP contribution in [0.1, 0.15) is 140 Å². The van der Waals surface area contributed by atoms with Gasteiger partial charge < -0.3 is 9.47 Å². The summed E-state index contributed by atoms with van der Waals surface area (Å²) in [4.78, 5) is 2.71. The van der Waals surface area contributed by atoms with E-state index in [1.807, 2.05) is 0 Å². The topological polar surface area (TPSA) is 21.7 Å². The Labute approximate surface area is 226 Å². The Balaban J connectivity index is 2.01. The molecule has 9 atom stereocenters. The average molecular weight is 508 g/mol.